The van der Waals surface area contributed by atoms with Crippen molar-refractivity contribution in [2.75, 3.05) is 0 Å². The van der Waals surface area contributed by atoms with Crippen molar-refractivity contribution in [2.45, 2.75) is 44.4 Å². The van der Waals surface area contributed by atoms with E-state index in [0.29, 0.717) is 12.1 Å². The standard InChI is InChI=1S/C14H17F2NO/c15-14(16)6-3-4-11(10-14)8-13(18)9-12-5-1-2-7-17-12/h1-2,5,7,11H,3-4,6,8-10H2. The van der Waals surface area contributed by atoms with E-state index >= 15 is 0 Å². The number of nitrogens with zero attached hydrogens (tertiary/aromatic N) is 1. The lowest BCUT2D eigenvalue weighted by Gasteiger charge is -2.28. The second-order valence-corrected chi connectivity index (χ2v) is 5.06. The Morgan fingerprint density at radius 1 is 1.44 bits per heavy atom. The van der Waals surface area contributed by atoms with Crippen LogP contribution < -0.4 is 0 Å². The van der Waals surface area contributed by atoms with Gasteiger partial charge in [0.05, 0.1) is 0 Å². The van der Waals surface area contributed by atoms with Gasteiger partial charge in [0.2, 0.25) is 5.92 Å². The lowest BCUT2D eigenvalue weighted by Crippen LogP contribution is -2.27. The van der Waals surface area contributed by atoms with E-state index in [4.69, 9.17) is 0 Å². The third-order valence-electron chi connectivity index (χ3n) is 3.36. The van der Waals surface area contributed by atoms with Gasteiger partial charge in [-0.3, -0.25) is 9.78 Å². The summed E-state index contributed by atoms with van der Waals surface area (Å²) in [6.07, 6.45) is 3.24. The molecule has 98 valence electrons. The van der Waals surface area contributed by atoms with Crippen molar-refractivity contribution in [3.8, 4) is 0 Å². The Bertz CT molecular complexity index is 406. The van der Waals surface area contributed by atoms with Crippen LogP contribution in [0.5, 0.6) is 0 Å². The minimum Gasteiger partial charge on any atom is -0.299 e. The van der Waals surface area contributed by atoms with Crippen LogP contribution in [0.2, 0.25) is 0 Å². The maximum absolute atomic E-state index is 13.2. The smallest absolute Gasteiger partial charge is 0.248 e. The zero-order chi connectivity index (χ0) is 13.0. The molecule has 1 aliphatic carbocycles. The normalized spacial score (nSPS) is 22.7. The molecule has 0 radical (unpaired) electrons. The number of aromatic nitrogens is 1. The van der Waals surface area contributed by atoms with Crippen LogP contribution in [-0.2, 0) is 11.2 Å². The summed E-state index contributed by atoms with van der Waals surface area (Å²) in [6.45, 7) is 0. The van der Waals surface area contributed by atoms with Gasteiger partial charge < -0.3 is 0 Å². The molecule has 1 atom stereocenters. The number of ketones is 1. The van der Waals surface area contributed by atoms with E-state index in [2.05, 4.69) is 4.98 Å². The summed E-state index contributed by atoms with van der Waals surface area (Å²) in [4.78, 5) is 15.9. The molecule has 0 saturated heterocycles. The maximum atomic E-state index is 13.2. The molecule has 2 rings (SSSR count). The van der Waals surface area contributed by atoms with Crippen LogP contribution in [0.3, 0.4) is 0 Å². The molecule has 1 unspecified atom stereocenters. The minimum absolute atomic E-state index is 0.0106. The van der Waals surface area contributed by atoms with Gasteiger partial charge in [0, 0.05) is 37.6 Å². The topological polar surface area (TPSA) is 30.0 Å². The molecule has 0 amide bonds. The fourth-order valence-corrected chi connectivity index (χ4v) is 2.55. The molecule has 1 aliphatic rings. The highest BCUT2D eigenvalue weighted by Gasteiger charge is 2.36. The first-order valence-electron chi connectivity index (χ1n) is 6.35. The van der Waals surface area contributed by atoms with E-state index in [1.54, 1.807) is 18.3 Å². The van der Waals surface area contributed by atoms with Gasteiger partial charge in [-0.2, -0.15) is 0 Å². The zero-order valence-corrected chi connectivity index (χ0v) is 10.2. The van der Waals surface area contributed by atoms with Crippen molar-refractivity contribution in [3.05, 3.63) is 30.1 Å². The highest BCUT2D eigenvalue weighted by Crippen LogP contribution is 2.38. The Kier molecular flexibility index (Phi) is 4.04. The molecule has 0 aliphatic heterocycles. The van der Waals surface area contributed by atoms with Crippen LogP contribution in [0.1, 0.15) is 37.8 Å². The molecule has 0 bridgehead atoms. The van der Waals surface area contributed by atoms with Crippen LogP contribution >= 0.6 is 0 Å². The number of hydrogen-bond acceptors (Lipinski definition) is 2. The van der Waals surface area contributed by atoms with Crippen molar-refractivity contribution in [3.63, 3.8) is 0 Å². The number of pyridine rings is 1. The average molecular weight is 253 g/mol. The van der Waals surface area contributed by atoms with Gasteiger partial charge >= 0.3 is 0 Å². The van der Waals surface area contributed by atoms with Crippen LogP contribution in [0.15, 0.2) is 24.4 Å². The second-order valence-electron chi connectivity index (χ2n) is 5.06. The van der Waals surface area contributed by atoms with Gasteiger partial charge in [0.25, 0.3) is 0 Å². The molecule has 4 heteroatoms. The van der Waals surface area contributed by atoms with E-state index in [1.807, 2.05) is 6.07 Å². The third kappa shape index (κ3) is 3.86. The molecule has 1 fully saturated rings. The van der Waals surface area contributed by atoms with Crippen molar-refractivity contribution >= 4 is 5.78 Å². The first kappa shape index (κ1) is 13.1. The second kappa shape index (κ2) is 5.55. The molecule has 0 spiro atoms. The van der Waals surface area contributed by atoms with Gasteiger partial charge in [-0.1, -0.05) is 6.07 Å². The quantitative estimate of drug-likeness (QED) is 0.823. The van der Waals surface area contributed by atoms with E-state index < -0.39 is 5.92 Å². The third-order valence-corrected chi connectivity index (χ3v) is 3.36. The lowest BCUT2D eigenvalue weighted by molar-refractivity contribution is -0.121. The summed E-state index contributed by atoms with van der Waals surface area (Å²) in [6, 6.07) is 5.40. The lowest BCUT2D eigenvalue weighted by atomic mass is 9.83. The molecular weight excluding hydrogens is 236 g/mol. The fourth-order valence-electron chi connectivity index (χ4n) is 2.55. The number of Topliss-reactive ketones (excluding diaryl/α,β-unsaturated/α-hetero) is 1. The number of carbonyl (C=O) groups excluding carboxylic acids is 1. The molecule has 1 aromatic heterocycles. The predicted octanol–water partition coefficient (Wildman–Crippen LogP) is 3.41. The Morgan fingerprint density at radius 2 is 2.28 bits per heavy atom. The molecule has 1 saturated carbocycles. The number of carbonyl (C=O) groups is 1. The number of hydrogen-bond donors (Lipinski definition) is 0. The molecule has 1 heterocycles. The van der Waals surface area contributed by atoms with Crippen molar-refractivity contribution in [2.24, 2.45) is 5.92 Å². The van der Waals surface area contributed by atoms with E-state index in [9.17, 15) is 13.6 Å². The largest absolute Gasteiger partial charge is 0.299 e. The summed E-state index contributed by atoms with van der Waals surface area (Å²) in [5.41, 5.74) is 0.713. The molecule has 18 heavy (non-hydrogen) atoms. The van der Waals surface area contributed by atoms with Gasteiger partial charge in [-0.05, 0) is 30.9 Å². The summed E-state index contributed by atoms with van der Waals surface area (Å²) in [7, 11) is 0. The fraction of sp³-hybridized carbons (Fsp3) is 0.571. The van der Waals surface area contributed by atoms with E-state index in [0.717, 1.165) is 6.42 Å². The Balaban J connectivity index is 1.84. The predicted molar refractivity (Wildman–Crippen MR) is 64.5 cm³/mol. The maximum Gasteiger partial charge on any atom is 0.248 e. The minimum atomic E-state index is -2.58. The molecule has 0 aromatic carbocycles. The van der Waals surface area contributed by atoms with E-state index in [1.165, 1.54) is 0 Å². The number of rotatable bonds is 4. The highest BCUT2D eigenvalue weighted by atomic mass is 19.3. The van der Waals surface area contributed by atoms with Gasteiger partial charge in [0.15, 0.2) is 0 Å². The summed E-state index contributed by atoms with van der Waals surface area (Å²) in [5.74, 6) is -2.73. The van der Waals surface area contributed by atoms with Crippen LogP contribution in [0.4, 0.5) is 8.78 Å². The van der Waals surface area contributed by atoms with Gasteiger partial charge in [0.1, 0.15) is 5.78 Å². The van der Waals surface area contributed by atoms with Crippen molar-refractivity contribution in [1.29, 1.82) is 0 Å². The van der Waals surface area contributed by atoms with Crippen LogP contribution in [0.25, 0.3) is 0 Å². The average Bonchev–Trinajstić information content (AvgIpc) is 2.28. The van der Waals surface area contributed by atoms with Crippen LogP contribution in [-0.4, -0.2) is 16.7 Å². The summed E-state index contributed by atoms with van der Waals surface area (Å²) >= 11 is 0. The summed E-state index contributed by atoms with van der Waals surface area (Å²) in [5, 5.41) is 0. The highest BCUT2D eigenvalue weighted by molar-refractivity contribution is 5.80. The summed E-state index contributed by atoms with van der Waals surface area (Å²) < 4.78 is 26.4. The zero-order valence-electron chi connectivity index (χ0n) is 10.2. The number of alkyl halides is 2. The molecule has 0 N–H and O–H groups in total. The van der Waals surface area contributed by atoms with Crippen LogP contribution in [0, 0.1) is 5.92 Å². The molecule has 1 aromatic rings. The first-order valence-corrected chi connectivity index (χ1v) is 6.35. The van der Waals surface area contributed by atoms with E-state index in [-0.39, 0.29) is 37.4 Å². The SMILES string of the molecule is O=C(Cc1ccccn1)CC1CCCC(F)(F)C1. The monoisotopic (exact) mass is 253 g/mol. The first-order chi connectivity index (χ1) is 8.55. The Morgan fingerprint density at radius 3 is 2.94 bits per heavy atom. The molecular formula is C14H17F2NO. The number of halogens is 2. The molecule has 2 nitrogen and oxygen atoms in total. The van der Waals surface area contributed by atoms with Gasteiger partial charge in [-0.25, -0.2) is 8.78 Å². The Hall–Kier alpha value is -1.32. The Labute approximate surface area is 105 Å². The van der Waals surface area contributed by atoms with Crippen molar-refractivity contribution < 1.29 is 13.6 Å². The van der Waals surface area contributed by atoms with Crippen molar-refractivity contribution in [1.82, 2.24) is 4.98 Å². The van der Waals surface area contributed by atoms with Gasteiger partial charge in [-0.15, -0.1) is 0 Å².